The molecule has 1 aromatic heterocycles. The number of nitrogens with zero attached hydrogens (tertiary/aromatic N) is 2. The van der Waals surface area contributed by atoms with Crippen molar-refractivity contribution in [2.24, 2.45) is 0 Å². The van der Waals surface area contributed by atoms with Crippen molar-refractivity contribution in [2.45, 2.75) is 78.6 Å². The summed E-state index contributed by atoms with van der Waals surface area (Å²) in [6, 6.07) is 5.89. The minimum Gasteiger partial charge on any atom is -0.507 e. The summed E-state index contributed by atoms with van der Waals surface area (Å²) < 4.78 is 25.0. The van der Waals surface area contributed by atoms with Crippen molar-refractivity contribution in [3.63, 3.8) is 0 Å². The molecule has 0 fully saturated rings. The fourth-order valence-electron chi connectivity index (χ4n) is 4.82. The van der Waals surface area contributed by atoms with Gasteiger partial charge in [-0.1, -0.05) is 34.6 Å². The molecule has 182 valence electrons. The van der Waals surface area contributed by atoms with Gasteiger partial charge in [0.15, 0.2) is 0 Å². The second kappa shape index (κ2) is 9.77. The van der Waals surface area contributed by atoms with Crippen LogP contribution in [0, 0.1) is 0 Å². The molecule has 7 heteroatoms. The van der Waals surface area contributed by atoms with Gasteiger partial charge in [-0.05, 0) is 67.7 Å². The lowest BCUT2D eigenvalue weighted by Gasteiger charge is -2.39. The van der Waals surface area contributed by atoms with Gasteiger partial charge in [0.1, 0.15) is 12.0 Å². The third-order valence-corrected chi connectivity index (χ3v) is 8.24. The monoisotopic (exact) mass is 474 g/mol. The molecule has 0 saturated heterocycles. The van der Waals surface area contributed by atoms with Gasteiger partial charge >= 0.3 is 7.60 Å². The van der Waals surface area contributed by atoms with E-state index in [0.29, 0.717) is 19.0 Å². The fourth-order valence-corrected chi connectivity index (χ4v) is 6.51. The molecule has 1 aliphatic rings. The first-order valence-corrected chi connectivity index (χ1v) is 13.6. The quantitative estimate of drug-likeness (QED) is 0.413. The molecule has 2 aromatic rings. The van der Waals surface area contributed by atoms with Crippen LogP contribution in [0.1, 0.15) is 78.0 Å². The SMILES string of the molecule is CCOP(=O)(CN(c1cccnc1)c1cc(C(C)(C)C)c(O)c2c1CCCC2(C)C)OCC. The maximum atomic E-state index is 13.7. The molecule has 0 saturated carbocycles. The third kappa shape index (κ3) is 5.45. The second-order valence-corrected chi connectivity index (χ2v) is 12.4. The Morgan fingerprint density at radius 2 is 1.88 bits per heavy atom. The number of aromatic nitrogens is 1. The number of anilines is 2. The average molecular weight is 475 g/mol. The Morgan fingerprint density at radius 3 is 2.42 bits per heavy atom. The van der Waals surface area contributed by atoms with Gasteiger partial charge in [0, 0.05) is 23.0 Å². The van der Waals surface area contributed by atoms with Gasteiger partial charge in [-0.25, -0.2) is 0 Å². The Balaban J connectivity index is 2.31. The maximum Gasteiger partial charge on any atom is 0.350 e. The van der Waals surface area contributed by atoms with Gasteiger partial charge < -0.3 is 19.1 Å². The van der Waals surface area contributed by atoms with Crippen molar-refractivity contribution in [2.75, 3.05) is 24.4 Å². The van der Waals surface area contributed by atoms with Crippen LogP contribution in [0.25, 0.3) is 0 Å². The molecule has 1 heterocycles. The van der Waals surface area contributed by atoms with Crippen LogP contribution < -0.4 is 4.90 Å². The van der Waals surface area contributed by atoms with Crippen LogP contribution >= 0.6 is 7.60 Å². The van der Waals surface area contributed by atoms with Crippen LogP contribution in [-0.4, -0.2) is 29.6 Å². The van der Waals surface area contributed by atoms with Crippen LogP contribution in [0.2, 0.25) is 0 Å². The number of phenols is 1. The van der Waals surface area contributed by atoms with Crippen LogP contribution in [0.3, 0.4) is 0 Å². The predicted molar refractivity (Wildman–Crippen MR) is 135 cm³/mol. The molecule has 6 nitrogen and oxygen atoms in total. The minimum atomic E-state index is -3.41. The van der Waals surface area contributed by atoms with Gasteiger partial charge in [0.25, 0.3) is 0 Å². The zero-order chi connectivity index (χ0) is 24.4. The van der Waals surface area contributed by atoms with Crippen molar-refractivity contribution in [3.8, 4) is 5.75 Å². The van der Waals surface area contributed by atoms with Crippen molar-refractivity contribution in [1.82, 2.24) is 4.98 Å². The van der Waals surface area contributed by atoms with Gasteiger partial charge in [0.2, 0.25) is 0 Å². The Bertz CT molecular complexity index is 1010. The standard InChI is InChI=1S/C26H39N2O4P/c1-8-31-33(30,32-9-2)18-28(19-12-11-15-27-17-19)22-16-21(25(3,4)5)24(29)23-20(22)13-10-14-26(23,6)7/h11-12,15-17,29H,8-10,13-14,18H2,1-7H3. The first-order valence-electron chi connectivity index (χ1n) is 11.9. The molecular weight excluding hydrogens is 435 g/mol. The fraction of sp³-hybridized carbons (Fsp3) is 0.577. The van der Waals surface area contributed by atoms with E-state index in [1.165, 1.54) is 0 Å². The molecule has 0 spiro atoms. The summed E-state index contributed by atoms with van der Waals surface area (Å²) in [6.07, 6.45) is 6.44. The molecule has 33 heavy (non-hydrogen) atoms. The van der Waals surface area contributed by atoms with E-state index in [2.05, 4.69) is 45.7 Å². The number of benzene rings is 1. The largest absolute Gasteiger partial charge is 0.507 e. The highest BCUT2D eigenvalue weighted by Crippen LogP contribution is 2.54. The minimum absolute atomic E-state index is 0.0710. The molecule has 0 amide bonds. The molecule has 1 N–H and O–H groups in total. The van der Waals surface area contributed by atoms with E-state index < -0.39 is 7.60 Å². The van der Waals surface area contributed by atoms with Crippen LogP contribution in [0.15, 0.2) is 30.6 Å². The summed E-state index contributed by atoms with van der Waals surface area (Å²) in [5, 5.41) is 11.4. The molecule has 0 unspecified atom stereocenters. The van der Waals surface area contributed by atoms with Crippen molar-refractivity contribution >= 4 is 19.0 Å². The maximum absolute atomic E-state index is 13.7. The zero-order valence-corrected chi connectivity index (χ0v) is 22.0. The average Bonchev–Trinajstić information content (AvgIpc) is 2.72. The number of hydrogen-bond acceptors (Lipinski definition) is 6. The molecule has 1 aliphatic carbocycles. The lowest BCUT2D eigenvalue weighted by molar-refractivity contribution is 0.220. The Hall–Kier alpha value is -1.88. The highest BCUT2D eigenvalue weighted by molar-refractivity contribution is 7.54. The van der Waals surface area contributed by atoms with Gasteiger partial charge in [0.05, 0.1) is 25.1 Å². The van der Waals surface area contributed by atoms with E-state index >= 15 is 0 Å². The predicted octanol–water partition coefficient (Wildman–Crippen LogP) is 7.06. The molecule has 0 bridgehead atoms. The summed E-state index contributed by atoms with van der Waals surface area (Å²) >= 11 is 0. The highest BCUT2D eigenvalue weighted by Gasteiger charge is 2.38. The van der Waals surface area contributed by atoms with E-state index in [4.69, 9.17) is 9.05 Å². The van der Waals surface area contributed by atoms with Crippen molar-refractivity contribution in [3.05, 3.63) is 47.3 Å². The number of phenolic OH excluding ortho intramolecular Hbond substituents is 1. The molecule has 0 aliphatic heterocycles. The lowest BCUT2D eigenvalue weighted by atomic mass is 9.69. The summed E-state index contributed by atoms with van der Waals surface area (Å²) in [5.41, 5.74) is 4.28. The first kappa shape index (κ1) is 25.7. The van der Waals surface area contributed by atoms with E-state index in [1.807, 2.05) is 30.9 Å². The smallest absolute Gasteiger partial charge is 0.350 e. The van der Waals surface area contributed by atoms with Crippen molar-refractivity contribution in [1.29, 1.82) is 0 Å². The molecule has 0 radical (unpaired) electrons. The van der Waals surface area contributed by atoms with Crippen LogP contribution in [0.5, 0.6) is 5.75 Å². The lowest BCUT2D eigenvalue weighted by Crippen LogP contribution is -2.30. The third-order valence-electron chi connectivity index (χ3n) is 6.31. The Labute approximate surface area is 198 Å². The van der Waals surface area contributed by atoms with E-state index in [-0.39, 0.29) is 17.1 Å². The number of aromatic hydroxyl groups is 1. The molecule has 0 atom stereocenters. The highest BCUT2D eigenvalue weighted by atomic mass is 31.2. The zero-order valence-electron chi connectivity index (χ0n) is 21.1. The van der Waals surface area contributed by atoms with E-state index in [9.17, 15) is 9.67 Å². The normalized spacial score (nSPS) is 15.8. The Morgan fingerprint density at radius 1 is 1.21 bits per heavy atom. The molecule has 3 rings (SSSR count). The summed E-state index contributed by atoms with van der Waals surface area (Å²) in [6.45, 7) is 14.9. The summed E-state index contributed by atoms with van der Waals surface area (Å²) in [7, 11) is -3.41. The van der Waals surface area contributed by atoms with E-state index in [1.54, 1.807) is 12.4 Å². The number of hydrogen-bond donors (Lipinski definition) is 1. The summed E-state index contributed by atoms with van der Waals surface area (Å²) in [4.78, 5) is 6.33. The van der Waals surface area contributed by atoms with Crippen LogP contribution in [0.4, 0.5) is 11.4 Å². The molecule has 1 aromatic carbocycles. The summed E-state index contributed by atoms with van der Waals surface area (Å²) in [5.74, 6) is 0.384. The van der Waals surface area contributed by atoms with Crippen molar-refractivity contribution < 1.29 is 18.7 Å². The topological polar surface area (TPSA) is 71.9 Å². The van der Waals surface area contributed by atoms with E-state index in [0.717, 1.165) is 47.3 Å². The van der Waals surface area contributed by atoms with Gasteiger partial charge in [-0.15, -0.1) is 0 Å². The van der Waals surface area contributed by atoms with Gasteiger partial charge in [-0.3, -0.25) is 9.55 Å². The van der Waals surface area contributed by atoms with Gasteiger partial charge in [-0.2, -0.15) is 0 Å². The molecular formula is C26H39N2O4P. The number of pyridine rings is 1. The first-order chi connectivity index (χ1) is 15.4. The number of fused-ring (bicyclic) bond motifs is 1. The van der Waals surface area contributed by atoms with Crippen LogP contribution in [-0.2, 0) is 30.9 Å². The number of rotatable bonds is 8. The second-order valence-electron chi connectivity index (χ2n) is 10.4. The Kier molecular flexibility index (Phi) is 7.62.